The summed E-state index contributed by atoms with van der Waals surface area (Å²) >= 11 is 0. The highest BCUT2D eigenvalue weighted by molar-refractivity contribution is 5.16. The molecule has 176 valence electrons. The van der Waals surface area contributed by atoms with E-state index < -0.39 is 0 Å². The van der Waals surface area contributed by atoms with Crippen LogP contribution in [0.25, 0.3) is 0 Å². The van der Waals surface area contributed by atoms with Crippen LogP contribution in [0.4, 0.5) is 0 Å². The van der Waals surface area contributed by atoms with Crippen LogP contribution in [0.1, 0.15) is 152 Å². The Labute approximate surface area is 183 Å². The predicted octanol–water partition coefficient (Wildman–Crippen LogP) is 8.06. The van der Waals surface area contributed by atoms with E-state index in [1.54, 1.807) is 0 Å². The topological polar surface area (TPSA) is 83.1 Å². The minimum absolute atomic E-state index is 0. The summed E-state index contributed by atoms with van der Waals surface area (Å²) in [7, 11) is 0. The Hall–Kier alpha value is -1.72. The van der Waals surface area contributed by atoms with Crippen molar-refractivity contribution in [2.24, 2.45) is 0 Å². The van der Waals surface area contributed by atoms with E-state index in [2.05, 4.69) is 86.2 Å². The predicted molar refractivity (Wildman–Crippen MR) is 132 cm³/mol. The van der Waals surface area contributed by atoms with Crippen molar-refractivity contribution in [2.45, 2.75) is 129 Å². The van der Waals surface area contributed by atoms with E-state index in [-0.39, 0.29) is 22.3 Å². The van der Waals surface area contributed by atoms with Crippen molar-refractivity contribution >= 4 is 0 Å². The maximum absolute atomic E-state index is 4.10. The van der Waals surface area contributed by atoms with Crippen LogP contribution in [0.15, 0.2) is 0 Å². The van der Waals surface area contributed by atoms with E-state index in [1.807, 2.05) is 27.7 Å². The van der Waals surface area contributed by atoms with E-state index >= 15 is 0 Å². The summed E-state index contributed by atoms with van der Waals surface area (Å²) in [5.41, 5.74) is 4.39. The van der Waals surface area contributed by atoms with Gasteiger partial charge in [-0.3, -0.25) is 0 Å². The Morgan fingerprint density at radius 3 is 0.655 bits per heavy atom. The minimum Gasteiger partial charge on any atom is -0.197 e. The molecule has 0 atom stereocenters. The van der Waals surface area contributed by atoms with Crippen LogP contribution in [-0.2, 0) is 0 Å². The first-order valence-corrected chi connectivity index (χ1v) is 10.1. The molecule has 2 heterocycles. The molecule has 0 radical (unpaired) electrons. The summed E-state index contributed by atoms with van der Waals surface area (Å²) < 4.78 is 0. The van der Waals surface area contributed by atoms with E-state index in [9.17, 15) is 0 Å². The number of aromatic nitrogens is 6. The fourth-order valence-corrected chi connectivity index (χ4v) is 2.19. The van der Waals surface area contributed by atoms with Crippen LogP contribution in [0.3, 0.4) is 0 Å². The molecule has 0 aliphatic carbocycles. The van der Waals surface area contributed by atoms with Gasteiger partial charge in [0, 0.05) is 0 Å². The lowest BCUT2D eigenvalue weighted by molar-refractivity contribution is 0.759. The molecule has 0 unspecified atom stereocenters. The largest absolute Gasteiger partial charge is 0.197 e. The molecule has 6 heteroatoms. The van der Waals surface area contributed by atoms with Crippen LogP contribution in [0, 0.1) is 0 Å². The fourth-order valence-electron chi connectivity index (χ4n) is 2.19. The molecule has 2 N–H and O–H groups in total. The number of hydrogen-bond donors (Lipinski definition) is 2. The average Bonchev–Trinajstić information content (AvgIpc) is 3.28. The monoisotopic (exact) mass is 414 g/mol. The molecule has 0 aromatic carbocycles. The first-order chi connectivity index (χ1) is 12.3. The summed E-state index contributed by atoms with van der Waals surface area (Å²) in [5.74, 6) is 1.86. The maximum atomic E-state index is 4.10. The lowest BCUT2D eigenvalue weighted by Gasteiger charge is -2.04. The molecule has 0 spiro atoms. The smallest absolute Gasteiger partial charge is 0.0884 e. The van der Waals surface area contributed by atoms with E-state index in [0.717, 1.165) is 22.8 Å². The number of nitrogens with one attached hydrogen (secondary N) is 2. The van der Waals surface area contributed by atoms with Gasteiger partial charge in [0.25, 0.3) is 0 Å². The average molecular weight is 415 g/mol. The Bertz CT molecular complexity index is 458. The van der Waals surface area contributed by atoms with E-state index in [0.29, 0.717) is 23.7 Å². The van der Waals surface area contributed by atoms with E-state index in [1.165, 1.54) is 0 Å². The normalized spacial score (nSPS) is 9.10. The second-order valence-electron chi connectivity index (χ2n) is 6.81. The molecular weight excluding hydrogens is 360 g/mol. The first kappa shape index (κ1) is 38.0. The van der Waals surface area contributed by atoms with Gasteiger partial charge in [-0.2, -0.15) is 30.8 Å². The lowest BCUT2D eigenvalue weighted by Crippen LogP contribution is -1.96. The van der Waals surface area contributed by atoms with Crippen LogP contribution < -0.4 is 0 Å². The van der Waals surface area contributed by atoms with Crippen molar-refractivity contribution in [3.63, 3.8) is 0 Å². The van der Waals surface area contributed by atoms with Gasteiger partial charge in [-0.05, 0) is 23.7 Å². The third-order valence-electron chi connectivity index (χ3n) is 3.39. The van der Waals surface area contributed by atoms with Crippen LogP contribution in [0.5, 0.6) is 0 Å². The van der Waals surface area contributed by atoms with Crippen molar-refractivity contribution in [3.8, 4) is 0 Å². The summed E-state index contributed by atoms with van der Waals surface area (Å²) in [6.07, 6.45) is 0. The highest BCUT2D eigenvalue weighted by Gasteiger charge is 2.14. The molecule has 0 saturated carbocycles. The second-order valence-corrected chi connectivity index (χ2v) is 6.81. The van der Waals surface area contributed by atoms with Gasteiger partial charge in [-0.25, -0.2) is 0 Å². The Kier molecular flexibility index (Phi) is 27.5. The standard InChI is InChI=1S/2C8H15N3.2C2H6.3CH4/c2*1-5(2)7-8(6(3)4)10-11-9-7;2*1-2;;;/h2*5-6H,1-4H3,(H,9,10,11);2*1-2H3;3*1H4. The SMILES string of the molecule is C.C.C.CC.CC.CC(C)c1n[nH]nc1C(C)C.CC(C)c1n[nH]nc1C(C)C. The van der Waals surface area contributed by atoms with Gasteiger partial charge >= 0.3 is 0 Å². The summed E-state index contributed by atoms with van der Waals surface area (Å²) in [6.45, 7) is 25.0. The van der Waals surface area contributed by atoms with Crippen molar-refractivity contribution < 1.29 is 0 Å². The molecule has 6 nitrogen and oxygen atoms in total. The van der Waals surface area contributed by atoms with Crippen LogP contribution in [0.2, 0.25) is 0 Å². The van der Waals surface area contributed by atoms with Gasteiger partial charge in [0.2, 0.25) is 0 Å². The third-order valence-corrected chi connectivity index (χ3v) is 3.39. The molecule has 0 bridgehead atoms. The second kappa shape index (κ2) is 21.0. The van der Waals surface area contributed by atoms with Crippen molar-refractivity contribution in [3.05, 3.63) is 22.8 Å². The van der Waals surface area contributed by atoms with Crippen molar-refractivity contribution in [1.29, 1.82) is 0 Å². The third kappa shape index (κ3) is 13.2. The van der Waals surface area contributed by atoms with Gasteiger partial charge in [0.15, 0.2) is 0 Å². The van der Waals surface area contributed by atoms with E-state index in [4.69, 9.17) is 0 Å². The summed E-state index contributed by atoms with van der Waals surface area (Å²) in [5, 5.41) is 21.7. The summed E-state index contributed by atoms with van der Waals surface area (Å²) in [6, 6.07) is 0. The zero-order chi connectivity index (χ0) is 20.9. The highest BCUT2D eigenvalue weighted by atomic mass is 15.3. The van der Waals surface area contributed by atoms with Crippen LogP contribution >= 0.6 is 0 Å². The highest BCUT2D eigenvalue weighted by Crippen LogP contribution is 2.21. The molecule has 2 aromatic rings. The molecule has 2 rings (SSSR count). The number of nitrogens with zero attached hydrogens (tertiary/aromatic N) is 4. The minimum atomic E-state index is 0. The number of aromatic amines is 2. The van der Waals surface area contributed by atoms with Gasteiger partial charge in [-0.1, -0.05) is 105 Å². The fraction of sp³-hybridized carbons (Fsp3) is 0.826. The van der Waals surface area contributed by atoms with Gasteiger partial charge < -0.3 is 0 Å². The number of H-pyrrole nitrogens is 2. The molecule has 0 aliphatic rings. The van der Waals surface area contributed by atoms with Gasteiger partial charge in [-0.15, -0.1) is 0 Å². The van der Waals surface area contributed by atoms with Gasteiger partial charge in [0.05, 0.1) is 22.8 Å². The molecule has 0 aliphatic heterocycles. The zero-order valence-corrected chi connectivity index (χ0v) is 19.1. The zero-order valence-electron chi connectivity index (χ0n) is 19.1. The molecule has 0 saturated heterocycles. The molecule has 2 aromatic heterocycles. The Morgan fingerprint density at radius 1 is 0.414 bits per heavy atom. The van der Waals surface area contributed by atoms with Gasteiger partial charge in [0.1, 0.15) is 0 Å². The summed E-state index contributed by atoms with van der Waals surface area (Å²) in [4.78, 5) is 0. The molecule has 0 fully saturated rings. The number of hydrogen-bond acceptors (Lipinski definition) is 4. The van der Waals surface area contributed by atoms with Crippen molar-refractivity contribution in [1.82, 2.24) is 30.8 Å². The first-order valence-electron chi connectivity index (χ1n) is 10.1. The lowest BCUT2D eigenvalue weighted by atomic mass is 10.0. The molecule has 29 heavy (non-hydrogen) atoms. The van der Waals surface area contributed by atoms with Crippen molar-refractivity contribution in [2.75, 3.05) is 0 Å². The number of rotatable bonds is 4. The molecule has 0 amide bonds. The Balaban J connectivity index is -0.000000104. The quantitative estimate of drug-likeness (QED) is 0.529. The maximum Gasteiger partial charge on any atom is 0.0884 e. The Morgan fingerprint density at radius 2 is 0.552 bits per heavy atom. The molecular formula is C23H54N6. The van der Waals surface area contributed by atoms with Crippen LogP contribution in [-0.4, -0.2) is 30.8 Å².